The molecule has 1 aliphatic rings. The summed E-state index contributed by atoms with van der Waals surface area (Å²) in [7, 11) is 0. The Balaban J connectivity index is 1.40. The highest BCUT2D eigenvalue weighted by Gasteiger charge is 2.24. The number of piperazine rings is 1. The molecule has 1 aliphatic heterocycles. The zero-order chi connectivity index (χ0) is 22.1. The topological polar surface area (TPSA) is 49.9 Å². The molecule has 5 heteroatoms. The molecule has 1 heterocycles. The molecular formula is C26H34N2O3. The van der Waals surface area contributed by atoms with Gasteiger partial charge in [-0.05, 0) is 42.4 Å². The van der Waals surface area contributed by atoms with Crippen molar-refractivity contribution in [2.45, 2.75) is 45.4 Å². The first-order valence-electron chi connectivity index (χ1n) is 11.4. The number of amides is 2. The van der Waals surface area contributed by atoms with Gasteiger partial charge in [0.05, 0.1) is 0 Å². The zero-order valence-corrected chi connectivity index (χ0v) is 18.8. The van der Waals surface area contributed by atoms with E-state index < -0.39 is 0 Å². The van der Waals surface area contributed by atoms with Crippen LogP contribution in [0, 0.1) is 0 Å². The molecule has 0 aliphatic carbocycles. The van der Waals surface area contributed by atoms with E-state index in [1.807, 2.05) is 41.3 Å². The van der Waals surface area contributed by atoms with Crippen molar-refractivity contribution in [2.75, 3.05) is 32.8 Å². The van der Waals surface area contributed by atoms with E-state index in [2.05, 4.69) is 32.0 Å². The quantitative estimate of drug-likeness (QED) is 0.606. The summed E-state index contributed by atoms with van der Waals surface area (Å²) in [6.45, 7) is 6.69. The van der Waals surface area contributed by atoms with E-state index in [4.69, 9.17) is 4.74 Å². The van der Waals surface area contributed by atoms with Gasteiger partial charge in [0.15, 0.2) is 6.61 Å². The van der Waals surface area contributed by atoms with Gasteiger partial charge in [-0.25, -0.2) is 0 Å². The van der Waals surface area contributed by atoms with Crippen LogP contribution in [0.4, 0.5) is 0 Å². The Morgan fingerprint density at radius 1 is 0.903 bits per heavy atom. The number of rotatable bonds is 9. The second-order valence-corrected chi connectivity index (χ2v) is 8.24. The van der Waals surface area contributed by atoms with Crippen LogP contribution >= 0.6 is 0 Å². The fraction of sp³-hybridized carbons (Fsp3) is 0.462. The fourth-order valence-corrected chi connectivity index (χ4v) is 3.92. The van der Waals surface area contributed by atoms with E-state index in [-0.39, 0.29) is 18.4 Å². The van der Waals surface area contributed by atoms with Crippen molar-refractivity contribution in [3.63, 3.8) is 0 Å². The summed E-state index contributed by atoms with van der Waals surface area (Å²) in [5.41, 5.74) is 2.41. The molecule has 1 unspecified atom stereocenters. The number of carbonyl (C=O) groups excluding carboxylic acids is 2. The van der Waals surface area contributed by atoms with Gasteiger partial charge in [-0.2, -0.15) is 0 Å². The summed E-state index contributed by atoms with van der Waals surface area (Å²) >= 11 is 0. The lowest BCUT2D eigenvalue weighted by molar-refractivity contribution is -0.140. The summed E-state index contributed by atoms with van der Waals surface area (Å²) < 4.78 is 5.87. The number of para-hydroxylation sites is 1. The Bertz CT molecular complexity index is 845. The minimum absolute atomic E-state index is 0.0184. The van der Waals surface area contributed by atoms with Crippen LogP contribution in [0.2, 0.25) is 0 Å². The van der Waals surface area contributed by atoms with E-state index in [9.17, 15) is 9.59 Å². The average molecular weight is 423 g/mol. The monoisotopic (exact) mass is 422 g/mol. The van der Waals surface area contributed by atoms with Crippen LogP contribution in [0.3, 0.4) is 0 Å². The summed E-state index contributed by atoms with van der Waals surface area (Å²) in [6.07, 6.45) is 3.35. The molecule has 0 spiro atoms. The first-order chi connectivity index (χ1) is 15.1. The fourth-order valence-electron chi connectivity index (χ4n) is 3.92. The van der Waals surface area contributed by atoms with Crippen molar-refractivity contribution >= 4 is 11.8 Å². The number of nitrogens with zero attached hydrogens (tertiary/aromatic N) is 2. The molecule has 0 radical (unpaired) electrons. The van der Waals surface area contributed by atoms with Gasteiger partial charge in [0, 0.05) is 32.6 Å². The normalized spacial score (nSPS) is 14.9. The predicted molar refractivity (Wildman–Crippen MR) is 123 cm³/mol. The minimum atomic E-state index is -0.0184. The third kappa shape index (κ3) is 6.58. The highest BCUT2D eigenvalue weighted by Crippen LogP contribution is 2.28. The van der Waals surface area contributed by atoms with Crippen LogP contribution in [-0.2, 0) is 16.0 Å². The highest BCUT2D eigenvalue weighted by molar-refractivity contribution is 5.79. The van der Waals surface area contributed by atoms with E-state index in [1.54, 1.807) is 4.90 Å². The molecule has 0 bridgehead atoms. The van der Waals surface area contributed by atoms with Gasteiger partial charge >= 0.3 is 0 Å². The van der Waals surface area contributed by atoms with E-state index >= 15 is 0 Å². The molecule has 1 atom stereocenters. The molecule has 0 aromatic heterocycles. The summed E-state index contributed by atoms with van der Waals surface area (Å²) in [6, 6.07) is 18.2. The maximum absolute atomic E-state index is 12.6. The van der Waals surface area contributed by atoms with Crippen molar-refractivity contribution in [3.8, 4) is 5.75 Å². The maximum Gasteiger partial charge on any atom is 0.260 e. The summed E-state index contributed by atoms with van der Waals surface area (Å²) in [5, 5.41) is 0. The van der Waals surface area contributed by atoms with Crippen molar-refractivity contribution in [1.29, 1.82) is 0 Å². The number of carbonyl (C=O) groups is 2. The molecule has 166 valence electrons. The highest BCUT2D eigenvalue weighted by atomic mass is 16.5. The number of hydrogen-bond acceptors (Lipinski definition) is 3. The number of ether oxygens (including phenoxy) is 1. The van der Waals surface area contributed by atoms with Crippen molar-refractivity contribution < 1.29 is 14.3 Å². The molecule has 31 heavy (non-hydrogen) atoms. The molecule has 0 saturated carbocycles. The van der Waals surface area contributed by atoms with Crippen molar-refractivity contribution in [3.05, 3.63) is 65.7 Å². The van der Waals surface area contributed by atoms with Crippen LogP contribution < -0.4 is 4.74 Å². The van der Waals surface area contributed by atoms with Crippen molar-refractivity contribution in [2.24, 2.45) is 0 Å². The van der Waals surface area contributed by atoms with Gasteiger partial charge in [-0.15, -0.1) is 0 Å². The van der Waals surface area contributed by atoms with Crippen LogP contribution in [0.15, 0.2) is 54.6 Å². The smallest absolute Gasteiger partial charge is 0.260 e. The predicted octanol–water partition coefficient (Wildman–Crippen LogP) is 4.27. The molecule has 1 saturated heterocycles. The first kappa shape index (κ1) is 22.9. The lowest BCUT2D eigenvalue weighted by Crippen LogP contribution is -2.51. The Labute approximate surface area is 186 Å². The van der Waals surface area contributed by atoms with Gasteiger partial charge in [0.2, 0.25) is 5.91 Å². The van der Waals surface area contributed by atoms with Crippen LogP contribution in [0.1, 0.15) is 50.2 Å². The van der Waals surface area contributed by atoms with E-state index in [0.717, 1.165) is 30.6 Å². The largest absolute Gasteiger partial charge is 0.483 e. The van der Waals surface area contributed by atoms with Crippen LogP contribution in [0.5, 0.6) is 5.75 Å². The first-order valence-corrected chi connectivity index (χ1v) is 11.4. The SMILES string of the molecule is CCC(C)c1ccccc1OCC(=O)N1CCN(C(=O)CCCc2ccccc2)CC1. The number of hydrogen-bond donors (Lipinski definition) is 0. The Hall–Kier alpha value is -2.82. The van der Waals surface area contributed by atoms with Gasteiger partial charge in [0.1, 0.15) is 5.75 Å². The lowest BCUT2D eigenvalue weighted by atomic mass is 9.98. The average Bonchev–Trinajstić information content (AvgIpc) is 2.83. The lowest BCUT2D eigenvalue weighted by Gasteiger charge is -2.34. The van der Waals surface area contributed by atoms with E-state index in [1.165, 1.54) is 5.56 Å². The third-order valence-corrected chi connectivity index (χ3v) is 6.10. The standard InChI is InChI=1S/C26H34N2O3/c1-3-21(2)23-13-7-8-14-24(23)31-20-26(30)28-18-16-27(17-19-28)25(29)15-9-12-22-10-5-4-6-11-22/h4-8,10-11,13-14,21H,3,9,12,15-20H2,1-2H3. The summed E-state index contributed by atoms with van der Waals surface area (Å²) in [5.74, 6) is 1.34. The number of aryl methyl sites for hydroxylation is 1. The van der Waals surface area contributed by atoms with Crippen LogP contribution in [0.25, 0.3) is 0 Å². The van der Waals surface area contributed by atoms with Gasteiger partial charge in [-0.3, -0.25) is 9.59 Å². The number of benzene rings is 2. The third-order valence-electron chi connectivity index (χ3n) is 6.10. The van der Waals surface area contributed by atoms with Gasteiger partial charge in [0.25, 0.3) is 5.91 Å². The second-order valence-electron chi connectivity index (χ2n) is 8.24. The molecular weight excluding hydrogens is 388 g/mol. The summed E-state index contributed by atoms with van der Waals surface area (Å²) in [4.78, 5) is 28.8. The van der Waals surface area contributed by atoms with Gasteiger partial charge in [-0.1, -0.05) is 62.4 Å². The molecule has 0 N–H and O–H groups in total. The molecule has 3 rings (SSSR count). The zero-order valence-electron chi connectivity index (χ0n) is 18.8. The molecule has 2 aromatic rings. The Kier molecular flexibility index (Phi) is 8.51. The maximum atomic E-state index is 12.6. The van der Waals surface area contributed by atoms with Crippen LogP contribution in [-0.4, -0.2) is 54.4 Å². The van der Waals surface area contributed by atoms with E-state index in [0.29, 0.717) is 38.5 Å². The molecule has 2 aromatic carbocycles. The Morgan fingerprint density at radius 2 is 1.52 bits per heavy atom. The molecule has 1 fully saturated rings. The Morgan fingerprint density at radius 3 is 2.19 bits per heavy atom. The van der Waals surface area contributed by atoms with Crippen molar-refractivity contribution in [1.82, 2.24) is 9.80 Å². The van der Waals surface area contributed by atoms with Gasteiger partial charge < -0.3 is 14.5 Å². The molecule has 5 nitrogen and oxygen atoms in total. The minimum Gasteiger partial charge on any atom is -0.483 e. The molecule has 2 amide bonds. The second kappa shape index (κ2) is 11.5.